The Balaban J connectivity index is 1.58. The van der Waals surface area contributed by atoms with Crippen LogP contribution in [-0.4, -0.2) is 11.0 Å². The number of nitrogens with one attached hydrogen (secondary N) is 3. The number of anilines is 2. The third-order valence-electron chi connectivity index (χ3n) is 3.78. The maximum absolute atomic E-state index is 12.9. The molecular weight excluding hydrogens is 361 g/mol. The van der Waals surface area contributed by atoms with Gasteiger partial charge < -0.3 is 16.0 Å². The van der Waals surface area contributed by atoms with Gasteiger partial charge in [0.2, 0.25) is 0 Å². The summed E-state index contributed by atoms with van der Waals surface area (Å²) in [5, 5.41) is 9.23. The lowest BCUT2D eigenvalue weighted by atomic mass is 10.1. The fourth-order valence-electron chi connectivity index (χ4n) is 2.45. The average molecular weight is 379 g/mol. The molecule has 3 rings (SSSR count). The first-order chi connectivity index (χ1) is 13.1. The van der Waals surface area contributed by atoms with Crippen molar-refractivity contribution in [3.63, 3.8) is 0 Å². The Bertz CT molecular complexity index is 930. The number of carbonyl (C=O) groups excluding carboxylic acids is 1. The SMILES string of the molecule is O=C(NCc1ccccc1)c1cccc(NC(=S)Nc2ccc(F)cc2)c1. The fraction of sp³-hybridized carbons (Fsp3) is 0.0476. The summed E-state index contributed by atoms with van der Waals surface area (Å²) < 4.78 is 12.9. The normalized spacial score (nSPS) is 10.1. The van der Waals surface area contributed by atoms with Gasteiger partial charge >= 0.3 is 0 Å². The molecule has 0 aliphatic heterocycles. The maximum atomic E-state index is 12.9. The molecule has 0 saturated carbocycles. The van der Waals surface area contributed by atoms with Crippen molar-refractivity contribution in [2.24, 2.45) is 0 Å². The molecule has 1 amide bonds. The largest absolute Gasteiger partial charge is 0.348 e. The predicted molar refractivity (Wildman–Crippen MR) is 110 cm³/mol. The van der Waals surface area contributed by atoms with Gasteiger partial charge in [0.15, 0.2) is 5.11 Å². The molecule has 3 N–H and O–H groups in total. The van der Waals surface area contributed by atoms with Crippen molar-refractivity contribution in [2.75, 3.05) is 10.6 Å². The van der Waals surface area contributed by atoms with Crippen molar-refractivity contribution in [3.05, 3.63) is 95.8 Å². The van der Waals surface area contributed by atoms with Gasteiger partial charge in [0.1, 0.15) is 5.82 Å². The van der Waals surface area contributed by atoms with Crippen LogP contribution in [0, 0.1) is 5.82 Å². The molecule has 136 valence electrons. The first-order valence-electron chi connectivity index (χ1n) is 8.36. The third kappa shape index (κ3) is 5.62. The molecule has 0 aromatic heterocycles. The standard InChI is InChI=1S/C21H18FN3OS/c22-17-9-11-18(12-10-17)24-21(27)25-19-8-4-7-16(13-19)20(26)23-14-15-5-2-1-3-6-15/h1-13H,14H2,(H,23,26)(H2,24,25,27). The monoisotopic (exact) mass is 379 g/mol. The highest BCUT2D eigenvalue weighted by atomic mass is 32.1. The molecule has 0 radical (unpaired) electrons. The van der Waals surface area contributed by atoms with Crippen molar-refractivity contribution in [3.8, 4) is 0 Å². The first-order valence-corrected chi connectivity index (χ1v) is 8.77. The minimum Gasteiger partial charge on any atom is -0.348 e. The van der Waals surface area contributed by atoms with Crippen molar-refractivity contribution in [1.82, 2.24) is 5.32 Å². The quantitative estimate of drug-likeness (QED) is 0.569. The van der Waals surface area contributed by atoms with Crippen molar-refractivity contribution >= 4 is 34.6 Å². The zero-order chi connectivity index (χ0) is 19.1. The van der Waals surface area contributed by atoms with Crippen LogP contribution >= 0.6 is 12.2 Å². The van der Waals surface area contributed by atoms with E-state index < -0.39 is 0 Å². The van der Waals surface area contributed by atoms with Crippen molar-refractivity contribution in [2.45, 2.75) is 6.54 Å². The summed E-state index contributed by atoms with van der Waals surface area (Å²) in [7, 11) is 0. The van der Waals surface area contributed by atoms with E-state index >= 15 is 0 Å². The van der Waals surface area contributed by atoms with E-state index in [-0.39, 0.29) is 11.7 Å². The summed E-state index contributed by atoms with van der Waals surface area (Å²) >= 11 is 5.26. The molecule has 0 unspecified atom stereocenters. The van der Waals surface area contributed by atoms with Gasteiger partial charge in [-0.15, -0.1) is 0 Å². The van der Waals surface area contributed by atoms with Gasteiger partial charge in [-0.1, -0.05) is 36.4 Å². The molecule has 0 fully saturated rings. The second-order valence-corrected chi connectivity index (χ2v) is 6.24. The van der Waals surface area contributed by atoms with Crippen LogP contribution in [0.1, 0.15) is 15.9 Å². The van der Waals surface area contributed by atoms with Crippen LogP contribution in [0.3, 0.4) is 0 Å². The van der Waals surface area contributed by atoms with E-state index in [0.717, 1.165) is 5.56 Å². The first kappa shape index (κ1) is 18.5. The zero-order valence-electron chi connectivity index (χ0n) is 14.4. The molecule has 3 aromatic rings. The lowest BCUT2D eigenvalue weighted by molar-refractivity contribution is 0.0951. The topological polar surface area (TPSA) is 53.2 Å². The van der Waals surface area contributed by atoms with E-state index in [1.165, 1.54) is 12.1 Å². The Labute approximate surface area is 162 Å². The minimum absolute atomic E-state index is 0.167. The van der Waals surface area contributed by atoms with Crippen LogP contribution in [0.25, 0.3) is 0 Å². The number of carbonyl (C=O) groups is 1. The van der Waals surface area contributed by atoms with E-state index in [1.807, 2.05) is 36.4 Å². The Morgan fingerprint density at radius 1 is 0.852 bits per heavy atom. The molecule has 4 nitrogen and oxygen atoms in total. The van der Waals surface area contributed by atoms with Gasteiger partial charge in [0.05, 0.1) is 0 Å². The Morgan fingerprint density at radius 3 is 2.30 bits per heavy atom. The maximum Gasteiger partial charge on any atom is 0.251 e. The lowest BCUT2D eigenvalue weighted by Gasteiger charge is -2.12. The zero-order valence-corrected chi connectivity index (χ0v) is 15.2. The second kappa shape index (κ2) is 8.91. The molecule has 0 atom stereocenters. The highest BCUT2D eigenvalue weighted by molar-refractivity contribution is 7.80. The summed E-state index contributed by atoms with van der Waals surface area (Å²) in [6, 6.07) is 22.6. The summed E-state index contributed by atoms with van der Waals surface area (Å²) in [5.41, 5.74) is 2.91. The molecule has 0 saturated heterocycles. The predicted octanol–water partition coefficient (Wildman–Crippen LogP) is 4.56. The number of benzene rings is 3. The van der Waals surface area contributed by atoms with Crippen LogP contribution in [0.4, 0.5) is 15.8 Å². The molecule has 0 aliphatic carbocycles. The van der Waals surface area contributed by atoms with Crippen LogP contribution < -0.4 is 16.0 Å². The molecule has 0 heterocycles. The van der Waals surface area contributed by atoms with Gasteiger partial charge in [-0.25, -0.2) is 4.39 Å². The molecular formula is C21H18FN3OS. The van der Waals surface area contributed by atoms with E-state index in [4.69, 9.17) is 12.2 Å². The van der Waals surface area contributed by atoms with Crippen LogP contribution in [0.2, 0.25) is 0 Å². The summed E-state index contributed by atoms with van der Waals surface area (Å²) in [6.07, 6.45) is 0. The van der Waals surface area contributed by atoms with Gasteiger partial charge in [-0.3, -0.25) is 4.79 Å². The van der Waals surface area contributed by atoms with Gasteiger partial charge in [0, 0.05) is 23.5 Å². The fourth-order valence-corrected chi connectivity index (χ4v) is 2.68. The number of halogens is 1. The van der Waals surface area contributed by atoms with E-state index in [1.54, 1.807) is 30.3 Å². The number of thiocarbonyl (C=S) groups is 1. The average Bonchev–Trinajstić information content (AvgIpc) is 2.69. The summed E-state index contributed by atoms with van der Waals surface area (Å²) in [6.45, 7) is 0.460. The number of hydrogen-bond donors (Lipinski definition) is 3. The summed E-state index contributed by atoms with van der Waals surface area (Å²) in [4.78, 5) is 12.4. The molecule has 6 heteroatoms. The molecule has 3 aromatic carbocycles. The Kier molecular flexibility index (Phi) is 6.12. The minimum atomic E-state index is -0.311. The highest BCUT2D eigenvalue weighted by Gasteiger charge is 2.07. The number of amides is 1. The third-order valence-corrected chi connectivity index (χ3v) is 3.98. The van der Waals surface area contributed by atoms with E-state index in [2.05, 4.69) is 16.0 Å². The second-order valence-electron chi connectivity index (χ2n) is 5.84. The van der Waals surface area contributed by atoms with Gasteiger partial charge in [0.25, 0.3) is 5.91 Å². The Hall–Kier alpha value is -3.25. The summed E-state index contributed by atoms with van der Waals surface area (Å²) in [5.74, 6) is -0.478. The number of rotatable bonds is 5. The molecule has 27 heavy (non-hydrogen) atoms. The number of hydrogen-bond acceptors (Lipinski definition) is 2. The van der Waals surface area contributed by atoms with Gasteiger partial charge in [-0.2, -0.15) is 0 Å². The highest BCUT2D eigenvalue weighted by Crippen LogP contribution is 2.13. The van der Waals surface area contributed by atoms with Gasteiger partial charge in [-0.05, 0) is 60.2 Å². The smallest absolute Gasteiger partial charge is 0.251 e. The van der Waals surface area contributed by atoms with Crippen molar-refractivity contribution in [1.29, 1.82) is 0 Å². The Morgan fingerprint density at radius 2 is 1.56 bits per heavy atom. The van der Waals surface area contributed by atoms with Crippen molar-refractivity contribution < 1.29 is 9.18 Å². The van der Waals surface area contributed by atoms with E-state index in [0.29, 0.717) is 28.6 Å². The van der Waals surface area contributed by atoms with E-state index in [9.17, 15) is 9.18 Å². The van der Waals surface area contributed by atoms with Crippen LogP contribution in [-0.2, 0) is 6.54 Å². The molecule has 0 bridgehead atoms. The molecule has 0 aliphatic rings. The lowest BCUT2D eigenvalue weighted by Crippen LogP contribution is -2.23. The molecule has 0 spiro atoms. The van der Waals surface area contributed by atoms with Crippen LogP contribution in [0.15, 0.2) is 78.9 Å². The van der Waals surface area contributed by atoms with Crippen LogP contribution in [0.5, 0.6) is 0 Å².